The van der Waals surface area contributed by atoms with Crippen molar-refractivity contribution in [3.8, 4) is 0 Å². The summed E-state index contributed by atoms with van der Waals surface area (Å²) in [5.41, 5.74) is -0.809. The second kappa shape index (κ2) is 6.11. The highest BCUT2D eigenvalue weighted by Crippen LogP contribution is 2.26. The number of ether oxygens (including phenoxy) is 1. The molecule has 1 aliphatic heterocycles. The maximum Gasteiger partial charge on any atom is 0.332 e. The van der Waals surface area contributed by atoms with Crippen molar-refractivity contribution in [3.05, 3.63) is 27.1 Å². The first-order valence-corrected chi connectivity index (χ1v) is 7.37. The van der Waals surface area contributed by atoms with Crippen LogP contribution in [0.3, 0.4) is 0 Å². The number of amides is 2. The molecule has 108 valence electrons. The van der Waals surface area contributed by atoms with Gasteiger partial charge in [-0.15, -0.1) is 0 Å². The van der Waals surface area contributed by atoms with Crippen LogP contribution in [0.4, 0.5) is 10.5 Å². The van der Waals surface area contributed by atoms with E-state index < -0.39 is 17.5 Å². The molecule has 1 aromatic rings. The number of hydrogen-bond donors (Lipinski definition) is 3. The van der Waals surface area contributed by atoms with Gasteiger partial charge in [0.25, 0.3) is 0 Å². The summed E-state index contributed by atoms with van der Waals surface area (Å²) in [5, 5.41) is 14.3. The van der Waals surface area contributed by atoms with Crippen molar-refractivity contribution in [1.82, 2.24) is 5.32 Å². The van der Waals surface area contributed by atoms with Crippen LogP contribution in [0.15, 0.2) is 27.1 Å². The molecule has 8 heteroatoms. The number of carboxylic acid groups (broad SMARTS) is 1. The van der Waals surface area contributed by atoms with E-state index in [0.29, 0.717) is 16.8 Å². The van der Waals surface area contributed by atoms with Crippen molar-refractivity contribution in [1.29, 1.82) is 0 Å². The van der Waals surface area contributed by atoms with Gasteiger partial charge in [0, 0.05) is 22.0 Å². The maximum absolute atomic E-state index is 11.9. The van der Waals surface area contributed by atoms with Crippen LogP contribution >= 0.6 is 31.9 Å². The van der Waals surface area contributed by atoms with Gasteiger partial charge in [0.1, 0.15) is 0 Å². The summed E-state index contributed by atoms with van der Waals surface area (Å²) >= 11 is 6.63. The summed E-state index contributed by atoms with van der Waals surface area (Å²) in [6.07, 6.45) is 0.247. The molecule has 1 atom stereocenters. The second-order valence-corrected chi connectivity index (χ2v) is 6.16. The maximum atomic E-state index is 11.9. The molecular formula is C12H12Br2N2O4. The Morgan fingerprint density at radius 2 is 2.10 bits per heavy atom. The van der Waals surface area contributed by atoms with E-state index in [-0.39, 0.29) is 13.0 Å². The first-order chi connectivity index (χ1) is 9.43. The van der Waals surface area contributed by atoms with Gasteiger partial charge in [-0.3, -0.25) is 0 Å². The summed E-state index contributed by atoms with van der Waals surface area (Å²) in [4.78, 5) is 23.2. The summed E-state index contributed by atoms with van der Waals surface area (Å²) in [6.45, 7) is 0.284. The van der Waals surface area contributed by atoms with Crippen LogP contribution in [0.2, 0.25) is 0 Å². The monoisotopic (exact) mass is 406 g/mol. The molecule has 0 aromatic heterocycles. The van der Waals surface area contributed by atoms with Crippen molar-refractivity contribution >= 4 is 49.5 Å². The third-order valence-corrected chi connectivity index (χ3v) is 4.11. The minimum absolute atomic E-state index is 0.0305. The number of aliphatic carboxylic acids is 1. The van der Waals surface area contributed by atoms with Gasteiger partial charge in [0.2, 0.25) is 0 Å². The van der Waals surface area contributed by atoms with Gasteiger partial charge in [-0.05, 0) is 34.1 Å². The minimum Gasteiger partial charge on any atom is -0.479 e. The van der Waals surface area contributed by atoms with Crippen molar-refractivity contribution in [2.75, 3.05) is 18.5 Å². The lowest BCUT2D eigenvalue weighted by Crippen LogP contribution is -2.56. The molecule has 0 aliphatic carbocycles. The highest BCUT2D eigenvalue weighted by molar-refractivity contribution is 9.11. The number of nitrogens with one attached hydrogen (secondary N) is 2. The van der Waals surface area contributed by atoms with Crippen molar-refractivity contribution < 1.29 is 19.4 Å². The SMILES string of the molecule is O=C(Nc1ccc(Br)cc1Br)NC1(C(=O)O)CCOC1. The molecule has 1 fully saturated rings. The van der Waals surface area contributed by atoms with Gasteiger partial charge < -0.3 is 20.5 Å². The van der Waals surface area contributed by atoms with E-state index in [1.54, 1.807) is 18.2 Å². The van der Waals surface area contributed by atoms with Gasteiger partial charge in [0.15, 0.2) is 5.54 Å². The normalized spacial score (nSPS) is 21.5. The Bertz CT molecular complexity index is 544. The fourth-order valence-corrected chi connectivity index (χ4v) is 2.99. The fraction of sp³-hybridized carbons (Fsp3) is 0.333. The van der Waals surface area contributed by atoms with Gasteiger partial charge >= 0.3 is 12.0 Å². The van der Waals surface area contributed by atoms with E-state index in [1.165, 1.54) is 0 Å². The molecule has 0 saturated carbocycles. The lowest BCUT2D eigenvalue weighted by molar-refractivity contribution is -0.144. The molecule has 1 unspecified atom stereocenters. The molecule has 2 rings (SSSR count). The van der Waals surface area contributed by atoms with E-state index in [9.17, 15) is 14.7 Å². The van der Waals surface area contributed by atoms with E-state index in [4.69, 9.17) is 4.74 Å². The highest BCUT2D eigenvalue weighted by atomic mass is 79.9. The number of rotatable bonds is 3. The largest absolute Gasteiger partial charge is 0.479 e. The van der Waals surface area contributed by atoms with Crippen LogP contribution in [-0.4, -0.2) is 35.9 Å². The summed E-state index contributed by atoms with van der Waals surface area (Å²) in [6, 6.07) is 4.67. The Morgan fingerprint density at radius 3 is 2.65 bits per heavy atom. The first-order valence-electron chi connectivity index (χ1n) is 5.78. The summed E-state index contributed by atoms with van der Waals surface area (Å²) in [5.74, 6) is -1.10. The van der Waals surface area contributed by atoms with Crippen LogP contribution in [0.5, 0.6) is 0 Å². The standard InChI is InChI=1S/C12H12Br2N2O4/c13-7-1-2-9(8(14)5-7)15-11(19)16-12(10(17)18)3-4-20-6-12/h1-2,5H,3-4,6H2,(H,17,18)(H2,15,16,19). The van der Waals surface area contributed by atoms with Crippen molar-refractivity contribution in [3.63, 3.8) is 0 Å². The Hall–Kier alpha value is -1.12. The molecular weight excluding hydrogens is 396 g/mol. The molecule has 6 nitrogen and oxygen atoms in total. The molecule has 1 saturated heterocycles. The average Bonchev–Trinajstić information content (AvgIpc) is 2.82. The Labute approximate surface area is 132 Å². The lowest BCUT2D eigenvalue weighted by atomic mass is 9.99. The van der Waals surface area contributed by atoms with Gasteiger partial charge in [0.05, 0.1) is 12.3 Å². The number of benzene rings is 1. The van der Waals surface area contributed by atoms with E-state index in [0.717, 1.165) is 4.47 Å². The Kier molecular flexibility index (Phi) is 4.66. The van der Waals surface area contributed by atoms with E-state index in [1.807, 2.05) is 0 Å². The summed E-state index contributed by atoms with van der Waals surface area (Å²) < 4.78 is 6.63. The molecule has 2 amide bonds. The Balaban J connectivity index is 2.07. The lowest BCUT2D eigenvalue weighted by Gasteiger charge is -2.24. The number of carboxylic acids is 1. The highest BCUT2D eigenvalue weighted by Gasteiger charge is 2.44. The third-order valence-electron chi connectivity index (χ3n) is 2.96. The van der Waals surface area contributed by atoms with Crippen molar-refractivity contribution in [2.45, 2.75) is 12.0 Å². The average molecular weight is 408 g/mol. The zero-order valence-corrected chi connectivity index (χ0v) is 13.5. The van der Waals surface area contributed by atoms with Gasteiger partial charge in [-0.2, -0.15) is 0 Å². The summed E-state index contributed by atoms with van der Waals surface area (Å²) in [7, 11) is 0. The predicted octanol–water partition coefficient (Wildman–Crippen LogP) is 2.58. The van der Waals surface area contributed by atoms with Crippen molar-refractivity contribution in [2.24, 2.45) is 0 Å². The van der Waals surface area contributed by atoms with E-state index >= 15 is 0 Å². The first kappa shape index (κ1) is 15.3. The van der Waals surface area contributed by atoms with E-state index in [2.05, 4.69) is 42.5 Å². The topological polar surface area (TPSA) is 87.7 Å². The molecule has 20 heavy (non-hydrogen) atoms. The second-order valence-electron chi connectivity index (χ2n) is 4.39. The number of hydrogen-bond acceptors (Lipinski definition) is 3. The zero-order valence-electron chi connectivity index (χ0n) is 10.3. The third kappa shape index (κ3) is 3.31. The van der Waals surface area contributed by atoms with Gasteiger partial charge in [-0.1, -0.05) is 15.9 Å². The smallest absolute Gasteiger partial charge is 0.332 e. The number of halogens is 2. The number of carbonyl (C=O) groups excluding carboxylic acids is 1. The van der Waals surface area contributed by atoms with Gasteiger partial charge in [-0.25, -0.2) is 9.59 Å². The molecule has 0 bridgehead atoms. The zero-order chi connectivity index (χ0) is 14.8. The van der Waals surface area contributed by atoms with Crippen LogP contribution in [0, 0.1) is 0 Å². The van der Waals surface area contributed by atoms with Crippen LogP contribution < -0.4 is 10.6 Å². The van der Waals surface area contributed by atoms with Crippen LogP contribution in [0.1, 0.15) is 6.42 Å². The minimum atomic E-state index is -1.36. The quantitative estimate of drug-likeness (QED) is 0.718. The molecule has 0 radical (unpaired) electrons. The molecule has 1 aromatic carbocycles. The number of anilines is 1. The molecule has 1 heterocycles. The molecule has 1 aliphatic rings. The molecule has 0 spiro atoms. The predicted molar refractivity (Wildman–Crippen MR) is 79.8 cm³/mol. The Morgan fingerprint density at radius 1 is 1.35 bits per heavy atom. The van der Waals surface area contributed by atoms with Crippen LogP contribution in [0.25, 0.3) is 0 Å². The fourth-order valence-electron chi connectivity index (χ4n) is 1.85. The molecule has 3 N–H and O–H groups in total. The number of carbonyl (C=O) groups is 2. The number of urea groups is 1. The van der Waals surface area contributed by atoms with Crippen LogP contribution in [-0.2, 0) is 9.53 Å².